The van der Waals surface area contributed by atoms with Crippen LogP contribution in [0.1, 0.15) is 54.7 Å². The second kappa shape index (κ2) is 6.97. The van der Waals surface area contributed by atoms with E-state index >= 15 is 0 Å². The van der Waals surface area contributed by atoms with Crippen molar-refractivity contribution in [2.45, 2.75) is 57.5 Å². The van der Waals surface area contributed by atoms with Crippen molar-refractivity contribution in [2.75, 3.05) is 6.54 Å². The Labute approximate surface area is 168 Å². The number of aliphatic carboxylic acids is 1. The number of nitrogens with zero attached hydrogens (tertiary/aromatic N) is 3. The van der Waals surface area contributed by atoms with Crippen molar-refractivity contribution in [1.82, 2.24) is 14.5 Å². The molecule has 1 amide bonds. The van der Waals surface area contributed by atoms with E-state index in [4.69, 9.17) is 4.98 Å². The van der Waals surface area contributed by atoms with E-state index in [1.807, 2.05) is 0 Å². The molecule has 0 radical (unpaired) electrons. The molecule has 0 spiro atoms. The third kappa shape index (κ3) is 2.94. The molecular weight excluding hydrogens is 370 g/mol. The van der Waals surface area contributed by atoms with Gasteiger partial charge in [0, 0.05) is 25.1 Å². The maximum atomic E-state index is 13.2. The Morgan fingerprint density at radius 3 is 2.79 bits per heavy atom. The van der Waals surface area contributed by atoms with E-state index in [9.17, 15) is 19.5 Å². The number of fused-ring (bicyclic) bond motifs is 3. The topological polar surface area (TPSA) is 92.5 Å². The summed E-state index contributed by atoms with van der Waals surface area (Å²) in [6.07, 6.45) is 6.72. The molecular formula is C22H25N3O4. The first-order chi connectivity index (χ1) is 14.0. The minimum Gasteiger partial charge on any atom is -0.480 e. The lowest BCUT2D eigenvalue weighted by atomic mass is 9.94. The van der Waals surface area contributed by atoms with Gasteiger partial charge in [-0.2, -0.15) is 0 Å². The van der Waals surface area contributed by atoms with Gasteiger partial charge in [-0.3, -0.25) is 14.2 Å². The lowest BCUT2D eigenvalue weighted by molar-refractivity contribution is -0.142. The Kier molecular flexibility index (Phi) is 4.41. The fourth-order valence-corrected chi connectivity index (χ4v) is 5.55. The summed E-state index contributed by atoms with van der Waals surface area (Å²) in [4.78, 5) is 44.2. The van der Waals surface area contributed by atoms with Crippen LogP contribution in [0.4, 0.5) is 0 Å². The largest absolute Gasteiger partial charge is 0.480 e. The summed E-state index contributed by atoms with van der Waals surface area (Å²) >= 11 is 0. The fourth-order valence-electron chi connectivity index (χ4n) is 5.55. The zero-order valence-corrected chi connectivity index (χ0v) is 16.3. The standard InChI is InChI=1S/C22H25N3O4/c26-20(25-12-14-5-4-6-15(14)19(25)22(28)29)13-8-9-16-17(11-13)23-18-7-2-1-3-10-24(18)21(16)27/h8-9,11,14-15,19H,1-7,10,12H2,(H,28,29). The van der Waals surface area contributed by atoms with Crippen LogP contribution in [0.5, 0.6) is 0 Å². The molecule has 1 N–H and O–H groups in total. The number of aryl methyl sites for hydroxylation is 1. The monoisotopic (exact) mass is 395 g/mol. The first-order valence-electron chi connectivity index (χ1n) is 10.6. The van der Waals surface area contributed by atoms with Gasteiger partial charge in [-0.15, -0.1) is 0 Å². The SMILES string of the molecule is O=C(O)C1C2CCCC2CN1C(=O)c1ccc2c(=O)n3c(nc2c1)CCCCC3. The number of carbonyl (C=O) groups excluding carboxylic acids is 1. The van der Waals surface area contributed by atoms with Crippen molar-refractivity contribution in [2.24, 2.45) is 11.8 Å². The quantitative estimate of drug-likeness (QED) is 0.843. The van der Waals surface area contributed by atoms with Crippen LogP contribution in [0.15, 0.2) is 23.0 Å². The Morgan fingerprint density at radius 1 is 1.10 bits per heavy atom. The lowest BCUT2D eigenvalue weighted by Crippen LogP contribution is -2.43. The number of hydrogen-bond acceptors (Lipinski definition) is 4. The van der Waals surface area contributed by atoms with Gasteiger partial charge < -0.3 is 10.0 Å². The van der Waals surface area contributed by atoms with E-state index in [2.05, 4.69) is 0 Å². The zero-order valence-electron chi connectivity index (χ0n) is 16.3. The molecule has 1 saturated carbocycles. The van der Waals surface area contributed by atoms with Crippen molar-refractivity contribution >= 4 is 22.8 Å². The molecule has 3 heterocycles. The van der Waals surface area contributed by atoms with E-state index in [0.717, 1.165) is 50.8 Å². The predicted octanol–water partition coefficient (Wildman–Crippen LogP) is 2.45. The van der Waals surface area contributed by atoms with Crippen molar-refractivity contribution in [3.05, 3.63) is 39.9 Å². The number of rotatable bonds is 2. The molecule has 0 bridgehead atoms. The van der Waals surface area contributed by atoms with Gasteiger partial charge in [0.05, 0.1) is 10.9 Å². The summed E-state index contributed by atoms with van der Waals surface area (Å²) in [5.74, 6) is -0.0843. The maximum absolute atomic E-state index is 13.2. The summed E-state index contributed by atoms with van der Waals surface area (Å²) in [7, 11) is 0. The Morgan fingerprint density at radius 2 is 1.97 bits per heavy atom. The van der Waals surface area contributed by atoms with Gasteiger partial charge in [-0.05, 0) is 55.7 Å². The summed E-state index contributed by atoms with van der Waals surface area (Å²) in [5.41, 5.74) is 0.888. The molecule has 29 heavy (non-hydrogen) atoms. The number of carboxylic acid groups (broad SMARTS) is 1. The molecule has 1 saturated heterocycles. The minimum atomic E-state index is -0.921. The molecule has 2 aromatic rings. The summed E-state index contributed by atoms with van der Waals surface area (Å²) in [6.45, 7) is 1.19. The van der Waals surface area contributed by atoms with Crippen molar-refractivity contribution in [3.63, 3.8) is 0 Å². The Bertz CT molecular complexity index is 1060. The summed E-state index contributed by atoms with van der Waals surface area (Å²) < 4.78 is 1.76. The van der Waals surface area contributed by atoms with E-state index in [1.54, 1.807) is 22.8 Å². The number of carbonyl (C=O) groups is 2. The van der Waals surface area contributed by atoms with E-state index < -0.39 is 12.0 Å². The summed E-state index contributed by atoms with van der Waals surface area (Å²) in [6, 6.07) is 4.22. The molecule has 1 aromatic carbocycles. The van der Waals surface area contributed by atoms with E-state index in [-0.39, 0.29) is 23.3 Å². The molecule has 7 nitrogen and oxygen atoms in total. The van der Waals surface area contributed by atoms with Crippen molar-refractivity contribution in [3.8, 4) is 0 Å². The fraction of sp³-hybridized carbons (Fsp3) is 0.545. The molecule has 2 fully saturated rings. The van der Waals surface area contributed by atoms with Crippen molar-refractivity contribution < 1.29 is 14.7 Å². The average molecular weight is 395 g/mol. The molecule has 1 aliphatic carbocycles. The van der Waals surface area contributed by atoms with Crippen LogP contribution in [0.2, 0.25) is 0 Å². The first kappa shape index (κ1) is 18.3. The smallest absolute Gasteiger partial charge is 0.326 e. The molecule has 3 atom stereocenters. The van der Waals surface area contributed by atoms with Crippen LogP contribution in [-0.4, -0.2) is 44.0 Å². The highest BCUT2D eigenvalue weighted by Gasteiger charge is 2.49. The Hall–Kier alpha value is -2.70. The van der Waals surface area contributed by atoms with Gasteiger partial charge >= 0.3 is 5.97 Å². The maximum Gasteiger partial charge on any atom is 0.326 e. The van der Waals surface area contributed by atoms with Crippen LogP contribution in [0.3, 0.4) is 0 Å². The molecule has 5 rings (SSSR count). The van der Waals surface area contributed by atoms with Gasteiger partial charge in [0.15, 0.2) is 0 Å². The number of likely N-dealkylation sites (tertiary alicyclic amines) is 1. The molecule has 2 aliphatic heterocycles. The second-order valence-electron chi connectivity index (χ2n) is 8.62. The molecule has 3 aliphatic rings. The molecule has 152 valence electrons. The number of benzene rings is 1. The first-order valence-corrected chi connectivity index (χ1v) is 10.6. The van der Waals surface area contributed by atoms with Crippen LogP contribution in [-0.2, 0) is 17.8 Å². The highest BCUT2D eigenvalue weighted by atomic mass is 16.4. The van der Waals surface area contributed by atoms with Crippen LogP contribution >= 0.6 is 0 Å². The van der Waals surface area contributed by atoms with Gasteiger partial charge in [-0.1, -0.05) is 12.8 Å². The number of aromatic nitrogens is 2. The van der Waals surface area contributed by atoms with Crippen molar-refractivity contribution in [1.29, 1.82) is 0 Å². The lowest BCUT2D eigenvalue weighted by Gasteiger charge is -2.24. The van der Waals surface area contributed by atoms with Gasteiger partial charge in [0.1, 0.15) is 11.9 Å². The Balaban J connectivity index is 1.52. The zero-order chi connectivity index (χ0) is 20.1. The summed E-state index contributed by atoms with van der Waals surface area (Å²) in [5, 5.41) is 10.3. The third-order valence-electron chi connectivity index (χ3n) is 6.97. The normalized spacial score (nSPS) is 26.2. The second-order valence-corrected chi connectivity index (χ2v) is 8.62. The number of carboxylic acids is 1. The highest BCUT2D eigenvalue weighted by molar-refractivity contribution is 5.99. The molecule has 1 aromatic heterocycles. The number of hydrogen-bond donors (Lipinski definition) is 1. The predicted molar refractivity (Wildman–Crippen MR) is 107 cm³/mol. The number of amides is 1. The van der Waals surface area contributed by atoms with Gasteiger partial charge in [-0.25, -0.2) is 9.78 Å². The highest BCUT2D eigenvalue weighted by Crippen LogP contribution is 2.42. The van der Waals surface area contributed by atoms with E-state index in [0.29, 0.717) is 29.6 Å². The average Bonchev–Trinajstić information content (AvgIpc) is 3.21. The van der Waals surface area contributed by atoms with Crippen LogP contribution < -0.4 is 5.56 Å². The minimum absolute atomic E-state index is 0.0509. The van der Waals surface area contributed by atoms with Crippen LogP contribution in [0.25, 0.3) is 10.9 Å². The molecule has 3 unspecified atom stereocenters. The van der Waals surface area contributed by atoms with E-state index in [1.165, 1.54) is 4.90 Å². The van der Waals surface area contributed by atoms with Gasteiger partial charge in [0.25, 0.3) is 11.5 Å². The third-order valence-corrected chi connectivity index (χ3v) is 6.97. The van der Waals surface area contributed by atoms with Crippen LogP contribution in [0, 0.1) is 11.8 Å². The molecule has 7 heteroatoms. The van der Waals surface area contributed by atoms with Gasteiger partial charge in [0.2, 0.25) is 0 Å².